The number of rotatable bonds is 0. The maximum Gasteiger partial charge on any atom is 0.0118 e. The van der Waals surface area contributed by atoms with Crippen molar-refractivity contribution in [2.24, 2.45) is 11.8 Å². The van der Waals surface area contributed by atoms with Crippen molar-refractivity contribution in [3.05, 3.63) is 0 Å². The fourth-order valence-corrected chi connectivity index (χ4v) is 3.01. The Balaban J connectivity index is 1.98. The number of fused-ring (bicyclic) bond motifs is 1. The Labute approximate surface area is 86.6 Å². The van der Waals surface area contributed by atoms with Crippen LogP contribution in [0.25, 0.3) is 0 Å². The van der Waals surface area contributed by atoms with E-state index in [1.54, 1.807) is 0 Å². The van der Waals surface area contributed by atoms with Gasteiger partial charge >= 0.3 is 0 Å². The Morgan fingerprint density at radius 2 is 2.00 bits per heavy atom. The van der Waals surface area contributed by atoms with Gasteiger partial charge in [0.1, 0.15) is 0 Å². The number of hydrogen-bond acceptors (Lipinski definition) is 3. The summed E-state index contributed by atoms with van der Waals surface area (Å²) >= 11 is 4.50. The third-order valence-electron chi connectivity index (χ3n) is 3.44. The summed E-state index contributed by atoms with van der Waals surface area (Å²) in [6.45, 7) is 4.84. The van der Waals surface area contributed by atoms with Gasteiger partial charge < -0.3 is 5.32 Å². The van der Waals surface area contributed by atoms with Gasteiger partial charge in [0.05, 0.1) is 0 Å². The molecule has 0 radical (unpaired) electrons. The predicted molar refractivity (Wildman–Crippen MR) is 58.9 cm³/mol. The van der Waals surface area contributed by atoms with Gasteiger partial charge in [-0.1, -0.05) is 12.8 Å². The zero-order valence-electron chi connectivity index (χ0n) is 8.21. The smallest absolute Gasteiger partial charge is 0.0118 e. The van der Waals surface area contributed by atoms with Crippen LogP contribution in [0.5, 0.6) is 0 Å². The molecular formula is C10H20N2S. The summed E-state index contributed by atoms with van der Waals surface area (Å²) in [6.07, 6.45) is 5.47. The molecular weight excluding hydrogens is 180 g/mol. The molecule has 1 N–H and O–H groups in total. The molecule has 0 aromatic rings. The summed E-state index contributed by atoms with van der Waals surface area (Å²) in [4.78, 5) is 0. The molecule has 2 aliphatic rings. The van der Waals surface area contributed by atoms with Crippen molar-refractivity contribution >= 4 is 12.8 Å². The second kappa shape index (κ2) is 4.67. The van der Waals surface area contributed by atoms with E-state index in [0.29, 0.717) is 0 Å². The zero-order chi connectivity index (χ0) is 9.10. The topological polar surface area (TPSA) is 15.3 Å². The minimum atomic E-state index is 0.898. The molecule has 2 fully saturated rings. The largest absolute Gasteiger partial charge is 0.316 e. The first-order valence-corrected chi connectivity index (χ1v) is 5.91. The second-order valence-electron chi connectivity index (χ2n) is 4.42. The van der Waals surface area contributed by atoms with Crippen LogP contribution in [0, 0.1) is 11.8 Å². The summed E-state index contributed by atoms with van der Waals surface area (Å²) in [6, 6.07) is 0. The Bertz CT molecular complexity index is 163. The van der Waals surface area contributed by atoms with Crippen molar-refractivity contribution in [1.29, 1.82) is 0 Å². The first kappa shape index (κ1) is 9.81. The fraction of sp³-hybridized carbons (Fsp3) is 1.00. The van der Waals surface area contributed by atoms with Gasteiger partial charge in [-0.2, -0.15) is 0 Å². The van der Waals surface area contributed by atoms with Gasteiger partial charge in [-0.15, -0.1) is 0 Å². The zero-order valence-corrected chi connectivity index (χ0v) is 9.10. The number of nitrogens with zero attached hydrogens (tertiary/aromatic N) is 1. The summed E-state index contributed by atoms with van der Waals surface area (Å²) in [5.74, 6) is 1.81. The highest BCUT2D eigenvalue weighted by atomic mass is 32.1. The number of nitrogens with one attached hydrogen (secondary N) is 1. The summed E-state index contributed by atoms with van der Waals surface area (Å²) in [7, 11) is 0. The monoisotopic (exact) mass is 200 g/mol. The van der Waals surface area contributed by atoms with Crippen LogP contribution in [0.4, 0.5) is 0 Å². The van der Waals surface area contributed by atoms with Crippen LogP contribution in [-0.4, -0.2) is 30.5 Å². The summed E-state index contributed by atoms with van der Waals surface area (Å²) in [5.41, 5.74) is 0. The lowest BCUT2D eigenvalue weighted by Crippen LogP contribution is -2.27. The second-order valence-corrected chi connectivity index (χ2v) is 4.99. The van der Waals surface area contributed by atoms with Crippen LogP contribution in [-0.2, 0) is 0 Å². The Hall–Kier alpha value is 0.270. The van der Waals surface area contributed by atoms with Crippen molar-refractivity contribution in [1.82, 2.24) is 9.62 Å². The van der Waals surface area contributed by atoms with Crippen molar-refractivity contribution < 1.29 is 0 Å². The molecule has 0 amide bonds. The Morgan fingerprint density at radius 3 is 2.92 bits per heavy atom. The highest BCUT2D eigenvalue weighted by Gasteiger charge is 2.26. The highest BCUT2D eigenvalue weighted by Crippen LogP contribution is 2.28. The lowest BCUT2D eigenvalue weighted by atomic mass is 9.87. The minimum absolute atomic E-state index is 0.898. The van der Waals surface area contributed by atoms with Gasteiger partial charge in [-0.3, -0.25) is 4.31 Å². The molecule has 0 aromatic carbocycles. The van der Waals surface area contributed by atoms with Gasteiger partial charge in [-0.05, 0) is 50.6 Å². The normalized spacial score (nSPS) is 37.6. The molecule has 2 rings (SSSR count). The average molecular weight is 200 g/mol. The molecule has 0 aliphatic carbocycles. The molecule has 13 heavy (non-hydrogen) atoms. The van der Waals surface area contributed by atoms with Crippen LogP contribution >= 0.6 is 12.8 Å². The first-order valence-electron chi connectivity index (χ1n) is 5.51. The van der Waals surface area contributed by atoms with Crippen LogP contribution in [0.2, 0.25) is 0 Å². The van der Waals surface area contributed by atoms with E-state index in [1.807, 2.05) is 0 Å². The van der Waals surface area contributed by atoms with Crippen molar-refractivity contribution in [3.8, 4) is 0 Å². The quantitative estimate of drug-likeness (QED) is 0.577. The molecule has 2 aliphatic heterocycles. The molecule has 2 atom stereocenters. The minimum Gasteiger partial charge on any atom is -0.316 e. The Kier molecular flexibility index (Phi) is 3.52. The molecule has 2 unspecified atom stereocenters. The van der Waals surface area contributed by atoms with Gasteiger partial charge in [0.25, 0.3) is 0 Å². The predicted octanol–water partition coefficient (Wildman–Crippen LogP) is 1.54. The van der Waals surface area contributed by atoms with E-state index in [2.05, 4.69) is 22.4 Å². The number of hydrogen-bond donors (Lipinski definition) is 2. The van der Waals surface area contributed by atoms with E-state index in [-0.39, 0.29) is 0 Å². The van der Waals surface area contributed by atoms with E-state index < -0.39 is 0 Å². The maximum atomic E-state index is 4.50. The fourth-order valence-electron chi connectivity index (χ4n) is 2.66. The van der Waals surface area contributed by atoms with Gasteiger partial charge in [0, 0.05) is 13.1 Å². The van der Waals surface area contributed by atoms with E-state index in [1.165, 1.54) is 51.9 Å². The third kappa shape index (κ3) is 2.61. The first-order chi connectivity index (χ1) is 6.36. The molecule has 0 spiro atoms. The molecule has 0 aromatic heterocycles. The van der Waals surface area contributed by atoms with Crippen molar-refractivity contribution in [2.75, 3.05) is 26.2 Å². The van der Waals surface area contributed by atoms with E-state index >= 15 is 0 Å². The lowest BCUT2D eigenvalue weighted by Gasteiger charge is -2.23. The Morgan fingerprint density at radius 1 is 1.15 bits per heavy atom. The van der Waals surface area contributed by atoms with Gasteiger partial charge in [0.2, 0.25) is 0 Å². The van der Waals surface area contributed by atoms with Gasteiger partial charge in [0.15, 0.2) is 0 Å². The molecule has 76 valence electrons. The van der Waals surface area contributed by atoms with Crippen LogP contribution in [0.15, 0.2) is 0 Å². The summed E-state index contributed by atoms with van der Waals surface area (Å²) < 4.78 is 2.22. The third-order valence-corrected chi connectivity index (χ3v) is 3.80. The highest BCUT2D eigenvalue weighted by molar-refractivity contribution is 7.77. The van der Waals surface area contributed by atoms with Crippen LogP contribution in [0.1, 0.15) is 25.7 Å². The lowest BCUT2D eigenvalue weighted by molar-refractivity contribution is 0.299. The van der Waals surface area contributed by atoms with Gasteiger partial charge in [-0.25, -0.2) is 0 Å². The molecule has 2 saturated heterocycles. The molecule has 3 heteroatoms. The van der Waals surface area contributed by atoms with E-state index in [0.717, 1.165) is 11.8 Å². The number of thiol groups is 1. The standard InChI is InChI=1S/C10H20N2S/c13-12-6-2-4-9-7-11-5-1-3-10(9)8-12/h9-11,13H,1-8H2. The average Bonchev–Trinajstić information content (AvgIpc) is 2.38. The van der Waals surface area contributed by atoms with Crippen molar-refractivity contribution in [3.63, 3.8) is 0 Å². The maximum absolute atomic E-state index is 4.50. The molecule has 0 saturated carbocycles. The van der Waals surface area contributed by atoms with Crippen LogP contribution < -0.4 is 5.32 Å². The van der Waals surface area contributed by atoms with Crippen LogP contribution in [0.3, 0.4) is 0 Å². The molecule has 0 bridgehead atoms. The van der Waals surface area contributed by atoms with E-state index in [9.17, 15) is 0 Å². The van der Waals surface area contributed by atoms with E-state index in [4.69, 9.17) is 0 Å². The van der Waals surface area contributed by atoms with Crippen molar-refractivity contribution in [2.45, 2.75) is 25.7 Å². The SMILES string of the molecule is SN1CCCC2CNCCCC2C1. The molecule has 2 heterocycles. The molecule has 2 nitrogen and oxygen atoms in total. The summed E-state index contributed by atoms with van der Waals surface area (Å²) in [5, 5.41) is 3.55.